The Kier molecular flexibility index (Phi) is 6.60. The molecular weight excluding hydrogens is 346 g/mol. The molecule has 7 heteroatoms. The quantitative estimate of drug-likeness (QED) is 0.739. The number of methoxy groups -OCH3 is 1. The predicted octanol–water partition coefficient (Wildman–Crippen LogP) is 3.43. The van der Waals surface area contributed by atoms with Crippen LogP contribution in [-0.4, -0.2) is 33.9 Å². The van der Waals surface area contributed by atoms with Crippen LogP contribution in [0.1, 0.15) is 47.6 Å². The third-order valence-electron chi connectivity index (χ3n) is 4.39. The Morgan fingerprint density at radius 3 is 2.59 bits per heavy atom. The fraction of sp³-hybridized carbons (Fsp3) is 0.450. The zero-order valence-electron chi connectivity index (χ0n) is 16.5. The van der Waals surface area contributed by atoms with E-state index in [0.29, 0.717) is 30.2 Å². The van der Waals surface area contributed by atoms with E-state index in [1.54, 1.807) is 0 Å². The molecule has 146 valence electrons. The van der Waals surface area contributed by atoms with Gasteiger partial charge in [0.1, 0.15) is 5.75 Å². The second kappa shape index (κ2) is 8.70. The van der Waals surface area contributed by atoms with E-state index < -0.39 is 5.97 Å². The average Bonchev–Trinajstić information content (AvgIpc) is 2.86. The van der Waals surface area contributed by atoms with Gasteiger partial charge in [0.25, 0.3) is 0 Å². The van der Waals surface area contributed by atoms with Crippen molar-refractivity contribution < 1.29 is 19.4 Å². The van der Waals surface area contributed by atoms with Gasteiger partial charge < -0.3 is 15.2 Å². The van der Waals surface area contributed by atoms with Gasteiger partial charge >= 0.3 is 5.97 Å². The Morgan fingerprint density at radius 1 is 1.30 bits per heavy atom. The normalized spacial score (nSPS) is 10.9. The van der Waals surface area contributed by atoms with Crippen molar-refractivity contribution in [3.63, 3.8) is 0 Å². The third kappa shape index (κ3) is 5.09. The Morgan fingerprint density at radius 2 is 2.00 bits per heavy atom. The van der Waals surface area contributed by atoms with Crippen molar-refractivity contribution in [1.82, 2.24) is 9.78 Å². The van der Waals surface area contributed by atoms with Crippen molar-refractivity contribution in [3.8, 4) is 5.75 Å². The Balaban J connectivity index is 2.05. The number of aromatic carboxylic acids is 1. The number of benzene rings is 1. The number of carbonyl (C=O) groups excluding carboxylic acids is 1. The summed E-state index contributed by atoms with van der Waals surface area (Å²) < 4.78 is 7.19. The van der Waals surface area contributed by atoms with E-state index in [-0.39, 0.29) is 11.5 Å². The smallest absolute Gasteiger partial charge is 0.335 e. The molecule has 1 aromatic carbocycles. The molecule has 0 aliphatic carbocycles. The molecule has 0 bridgehead atoms. The topological polar surface area (TPSA) is 93.4 Å². The van der Waals surface area contributed by atoms with Crippen molar-refractivity contribution in [2.75, 3.05) is 12.4 Å². The summed E-state index contributed by atoms with van der Waals surface area (Å²) in [5.74, 6) is -0.386. The van der Waals surface area contributed by atoms with Crippen LogP contribution in [0, 0.1) is 19.8 Å². The molecule has 1 heterocycles. The van der Waals surface area contributed by atoms with Crippen molar-refractivity contribution in [1.29, 1.82) is 0 Å². The fourth-order valence-corrected chi connectivity index (χ4v) is 3.00. The summed E-state index contributed by atoms with van der Waals surface area (Å²) in [4.78, 5) is 23.4. The highest BCUT2D eigenvalue weighted by molar-refractivity contribution is 5.94. The number of carboxylic acid groups (broad SMARTS) is 1. The first-order valence-corrected chi connectivity index (χ1v) is 8.97. The van der Waals surface area contributed by atoms with Crippen LogP contribution in [0.4, 0.5) is 5.69 Å². The van der Waals surface area contributed by atoms with Crippen LogP contribution >= 0.6 is 0 Å². The molecule has 0 fully saturated rings. The molecule has 0 aliphatic heterocycles. The fourth-order valence-electron chi connectivity index (χ4n) is 3.00. The number of rotatable bonds is 8. The van der Waals surface area contributed by atoms with Crippen molar-refractivity contribution in [2.24, 2.45) is 5.92 Å². The number of nitrogens with one attached hydrogen (secondary N) is 1. The Bertz CT molecular complexity index is 840. The molecule has 1 aromatic heterocycles. The highest BCUT2D eigenvalue weighted by Crippen LogP contribution is 2.26. The number of aromatic nitrogens is 2. The van der Waals surface area contributed by atoms with Crippen LogP contribution in [0.2, 0.25) is 0 Å². The minimum atomic E-state index is -1.05. The first kappa shape index (κ1) is 20.5. The molecule has 7 nitrogen and oxygen atoms in total. The lowest BCUT2D eigenvalue weighted by Crippen LogP contribution is -2.14. The van der Waals surface area contributed by atoms with Crippen molar-refractivity contribution >= 4 is 17.6 Å². The van der Waals surface area contributed by atoms with Gasteiger partial charge in [-0.3, -0.25) is 9.48 Å². The van der Waals surface area contributed by atoms with Crippen LogP contribution in [0.3, 0.4) is 0 Å². The number of carboxylic acids is 1. The molecule has 27 heavy (non-hydrogen) atoms. The summed E-state index contributed by atoms with van der Waals surface area (Å²) in [5.41, 5.74) is 3.70. The molecule has 1 amide bonds. The summed E-state index contributed by atoms with van der Waals surface area (Å²) in [6, 6.07) is 4.37. The van der Waals surface area contributed by atoms with Gasteiger partial charge in [-0.2, -0.15) is 5.10 Å². The van der Waals surface area contributed by atoms with Gasteiger partial charge in [-0.15, -0.1) is 0 Å². The van der Waals surface area contributed by atoms with Crippen LogP contribution in [0.15, 0.2) is 18.2 Å². The number of carbonyl (C=O) groups is 2. The highest BCUT2D eigenvalue weighted by Gasteiger charge is 2.15. The molecule has 2 N–H and O–H groups in total. The molecule has 0 radical (unpaired) electrons. The lowest BCUT2D eigenvalue weighted by Gasteiger charge is -2.11. The van der Waals surface area contributed by atoms with Gasteiger partial charge in [0, 0.05) is 18.7 Å². The van der Waals surface area contributed by atoms with E-state index in [0.717, 1.165) is 23.5 Å². The maximum absolute atomic E-state index is 12.4. The van der Waals surface area contributed by atoms with Crippen molar-refractivity contribution in [3.05, 3.63) is 40.7 Å². The monoisotopic (exact) mass is 373 g/mol. The molecule has 0 aliphatic rings. The lowest BCUT2D eigenvalue weighted by atomic mass is 10.1. The number of hydrogen-bond acceptors (Lipinski definition) is 4. The Hall–Kier alpha value is -2.83. The summed E-state index contributed by atoms with van der Waals surface area (Å²) in [5, 5.41) is 16.4. The number of ether oxygens (including phenoxy) is 1. The van der Waals surface area contributed by atoms with Crippen molar-refractivity contribution in [2.45, 2.75) is 47.1 Å². The number of nitrogens with zero attached hydrogens (tertiary/aromatic N) is 2. The van der Waals surface area contributed by atoms with Gasteiger partial charge in [-0.05, 0) is 49.9 Å². The van der Waals surface area contributed by atoms with E-state index in [2.05, 4.69) is 24.3 Å². The molecular formula is C20H27N3O4. The van der Waals surface area contributed by atoms with Gasteiger partial charge in [0.2, 0.25) is 5.91 Å². The average molecular weight is 373 g/mol. The second-order valence-corrected chi connectivity index (χ2v) is 6.99. The summed E-state index contributed by atoms with van der Waals surface area (Å²) in [6.07, 6.45) is 0.899. The minimum Gasteiger partial charge on any atom is -0.495 e. The van der Waals surface area contributed by atoms with Crippen LogP contribution in [-0.2, 0) is 17.8 Å². The number of hydrogen-bond donors (Lipinski definition) is 2. The zero-order chi connectivity index (χ0) is 20.1. The molecule has 2 rings (SSSR count). The maximum Gasteiger partial charge on any atom is 0.335 e. The van der Waals surface area contributed by atoms with Gasteiger partial charge in [-0.25, -0.2) is 4.79 Å². The lowest BCUT2D eigenvalue weighted by molar-refractivity contribution is -0.116. The standard InChI is InChI=1S/C20H27N3O4/c1-12(2)11-23-14(4)16(13(3)22-23)7-9-19(24)21-17-8-6-15(20(25)26)10-18(17)27-5/h6,8,10,12H,7,9,11H2,1-5H3,(H,21,24)(H,25,26). The first-order valence-electron chi connectivity index (χ1n) is 8.97. The van der Waals surface area contributed by atoms with Crippen LogP contribution in [0.25, 0.3) is 0 Å². The van der Waals surface area contributed by atoms with E-state index in [1.165, 1.54) is 25.3 Å². The van der Waals surface area contributed by atoms with E-state index in [9.17, 15) is 9.59 Å². The maximum atomic E-state index is 12.4. The molecule has 0 atom stereocenters. The number of aryl methyl sites for hydroxylation is 1. The first-order chi connectivity index (χ1) is 12.7. The summed E-state index contributed by atoms with van der Waals surface area (Å²) in [7, 11) is 1.44. The minimum absolute atomic E-state index is 0.105. The molecule has 0 unspecified atom stereocenters. The van der Waals surface area contributed by atoms with E-state index in [4.69, 9.17) is 9.84 Å². The highest BCUT2D eigenvalue weighted by atomic mass is 16.5. The largest absolute Gasteiger partial charge is 0.495 e. The summed E-state index contributed by atoms with van der Waals surface area (Å²) >= 11 is 0. The summed E-state index contributed by atoms with van der Waals surface area (Å²) in [6.45, 7) is 9.14. The SMILES string of the molecule is COc1cc(C(=O)O)ccc1NC(=O)CCc1c(C)nn(CC(C)C)c1C. The number of anilines is 1. The molecule has 0 spiro atoms. The van der Waals surface area contributed by atoms with E-state index >= 15 is 0 Å². The number of amides is 1. The van der Waals surface area contributed by atoms with E-state index in [1.807, 2.05) is 18.5 Å². The van der Waals surface area contributed by atoms with Crippen LogP contribution in [0.5, 0.6) is 5.75 Å². The molecule has 2 aromatic rings. The predicted molar refractivity (Wildman–Crippen MR) is 103 cm³/mol. The zero-order valence-corrected chi connectivity index (χ0v) is 16.5. The van der Waals surface area contributed by atoms with Gasteiger partial charge in [0.15, 0.2) is 0 Å². The molecule has 0 saturated carbocycles. The third-order valence-corrected chi connectivity index (χ3v) is 4.39. The second-order valence-electron chi connectivity index (χ2n) is 6.99. The Labute approximate surface area is 159 Å². The van der Waals surface area contributed by atoms with Gasteiger partial charge in [-0.1, -0.05) is 13.8 Å². The van der Waals surface area contributed by atoms with Gasteiger partial charge in [0.05, 0.1) is 24.1 Å². The van der Waals surface area contributed by atoms with Crippen LogP contribution < -0.4 is 10.1 Å². The molecule has 0 saturated heterocycles.